The van der Waals surface area contributed by atoms with Crippen molar-refractivity contribution in [3.63, 3.8) is 0 Å². The molecule has 13 aromatic carbocycles. The van der Waals surface area contributed by atoms with Crippen LogP contribution < -0.4 is 9.80 Å². The van der Waals surface area contributed by atoms with Gasteiger partial charge in [0.1, 0.15) is 28.4 Å². The van der Waals surface area contributed by atoms with E-state index in [4.69, 9.17) is 8.83 Å². The Labute approximate surface area is 462 Å². The van der Waals surface area contributed by atoms with Crippen LogP contribution in [0, 0.1) is 11.3 Å². The molecule has 0 aliphatic carbocycles. The highest BCUT2D eigenvalue weighted by atomic mass is 16.3. The number of para-hydroxylation sites is 4. The number of rotatable bonds is 10. The molecule has 5 nitrogen and oxygen atoms in total. The summed E-state index contributed by atoms with van der Waals surface area (Å²) in [5, 5.41) is 18.6. The minimum absolute atomic E-state index is 0.532. The zero-order chi connectivity index (χ0) is 53.1. The van der Waals surface area contributed by atoms with E-state index in [0.29, 0.717) is 27.9 Å². The van der Waals surface area contributed by atoms with Crippen molar-refractivity contribution in [2.75, 3.05) is 9.80 Å². The maximum atomic E-state index is 11.2. The predicted molar refractivity (Wildman–Crippen MR) is 332 cm³/mol. The third-order valence-electron chi connectivity index (χ3n) is 15.6. The van der Waals surface area contributed by atoms with E-state index in [1.165, 1.54) is 0 Å². The highest BCUT2D eigenvalue weighted by Crippen LogP contribution is 2.49. The molecular formula is C75H47N3O2. The van der Waals surface area contributed by atoms with Crippen molar-refractivity contribution in [1.29, 1.82) is 5.26 Å². The van der Waals surface area contributed by atoms with Gasteiger partial charge in [-0.3, -0.25) is 0 Å². The summed E-state index contributed by atoms with van der Waals surface area (Å²) in [5.74, 6) is 0. The zero-order valence-electron chi connectivity index (χ0n) is 43.3. The molecule has 2 heterocycles. The molecule has 374 valence electrons. The van der Waals surface area contributed by atoms with Gasteiger partial charge in [-0.05, 0) is 117 Å². The third kappa shape index (κ3) is 7.85. The minimum Gasteiger partial charge on any atom is -0.456 e. The summed E-state index contributed by atoms with van der Waals surface area (Å²) >= 11 is 0. The molecular weight excluding hydrogens is 975 g/mol. The van der Waals surface area contributed by atoms with Crippen LogP contribution in [0.5, 0.6) is 0 Å². The van der Waals surface area contributed by atoms with Gasteiger partial charge in [0.15, 0.2) is 0 Å². The molecule has 0 spiro atoms. The minimum atomic E-state index is 0.532. The third-order valence-corrected chi connectivity index (χ3v) is 15.6. The van der Waals surface area contributed by atoms with Crippen LogP contribution in [0.4, 0.5) is 34.1 Å². The van der Waals surface area contributed by atoms with Crippen molar-refractivity contribution >= 4 is 99.5 Å². The summed E-state index contributed by atoms with van der Waals surface area (Å²) in [5.41, 5.74) is 18.4. The van der Waals surface area contributed by atoms with E-state index in [0.717, 1.165) is 122 Å². The average molecular weight is 1020 g/mol. The lowest BCUT2D eigenvalue weighted by Crippen LogP contribution is -2.12. The van der Waals surface area contributed by atoms with Gasteiger partial charge in [-0.2, -0.15) is 5.26 Å². The first-order valence-electron chi connectivity index (χ1n) is 26.9. The lowest BCUT2D eigenvalue weighted by molar-refractivity contribution is 0.656. The summed E-state index contributed by atoms with van der Waals surface area (Å²) in [6.07, 6.45) is 0. The Bertz CT molecular complexity index is 4440. The molecule has 15 aromatic rings. The van der Waals surface area contributed by atoms with Gasteiger partial charge in [0.25, 0.3) is 0 Å². The van der Waals surface area contributed by atoms with Crippen molar-refractivity contribution in [3.8, 4) is 50.6 Å². The lowest BCUT2D eigenvalue weighted by atomic mass is 9.97. The topological polar surface area (TPSA) is 56.6 Å². The quantitative estimate of drug-likeness (QED) is 0.137. The Morgan fingerprint density at radius 2 is 0.588 bits per heavy atom. The smallest absolute Gasteiger partial charge is 0.140 e. The highest BCUT2D eigenvalue weighted by Gasteiger charge is 2.25. The van der Waals surface area contributed by atoms with Crippen molar-refractivity contribution in [3.05, 3.63) is 291 Å². The fourth-order valence-corrected chi connectivity index (χ4v) is 12.0. The molecule has 0 aliphatic heterocycles. The fraction of sp³-hybridized carbons (Fsp3) is 0. The number of benzene rings is 13. The van der Waals surface area contributed by atoms with Gasteiger partial charge < -0.3 is 18.6 Å². The van der Waals surface area contributed by atoms with Gasteiger partial charge in [-0.15, -0.1) is 0 Å². The van der Waals surface area contributed by atoms with E-state index in [-0.39, 0.29) is 0 Å². The second-order valence-corrected chi connectivity index (χ2v) is 20.3. The normalized spacial score (nSPS) is 11.5. The van der Waals surface area contributed by atoms with E-state index >= 15 is 0 Å². The lowest BCUT2D eigenvalue weighted by Gasteiger charge is -2.30. The SMILES string of the molecule is N#Cc1c2c(cc3oc4cc5cc(N(c6ccccc6-c6ccccc6)c6ccccc6-c6ccccc6)ccc5cc4c13)oc1cc3cc(N(c4ccccc4-c4ccccc4)c4ccccc4-c4ccccc4)ccc3cc12. The molecule has 0 aliphatic rings. The number of hydrogen-bond acceptors (Lipinski definition) is 5. The van der Waals surface area contributed by atoms with Crippen LogP contribution in [0.2, 0.25) is 0 Å². The molecule has 0 unspecified atom stereocenters. The molecule has 0 saturated heterocycles. The number of anilines is 6. The molecule has 5 heteroatoms. The van der Waals surface area contributed by atoms with E-state index in [9.17, 15) is 5.26 Å². The second kappa shape index (κ2) is 19.3. The zero-order valence-corrected chi connectivity index (χ0v) is 43.3. The van der Waals surface area contributed by atoms with Crippen LogP contribution >= 0.6 is 0 Å². The number of furan rings is 2. The Hall–Kier alpha value is -10.9. The molecule has 0 amide bonds. The first kappa shape index (κ1) is 46.4. The number of nitrogens with zero attached hydrogens (tertiary/aromatic N) is 3. The van der Waals surface area contributed by atoms with Crippen LogP contribution in [0.3, 0.4) is 0 Å². The Kier molecular flexibility index (Phi) is 11.2. The van der Waals surface area contributed by atoms with Gasteiger partial charge in [0.2, 0.25) is 0 Å². The summed E-state index contributed by atoms with van der Waals surface area (Å²) in [7, 11) is 0. The van der Waals surface area contributed by atoms with Crippen LogP contribution in [-0.2, 0) is 0 Å². The monoisotopic (exact) mass is 1020 g/mol. The first-order valence-corrected chi connectivity index (χ1v) is 26.9. The van der Waals surface area contributed by atoms with Crippen molar-refractivity contribution < 1.29 is 8.83 Å². The molecule has 0 saturated carbocycles. The van der Waals surface area contributed by atoms with Gasteiger partial charge in [-0.1, -0.05) is 206 Å². The molecule has 2 aromatic heterocycles. The fourth-order valence-electron chi connectivity index (χ4n) is 12.0. The van der Waals surface area contributed by atoms with Gasteiger partial charge in [-0.25, -0.2) is 0 Å². The maximum Gasteiger partial charge on any atom is 0.140 e. The van der Waals surface area contributed by atoms with E-state index in [1.807, 2.05) is 6.07 Å². The highest BCUT2D eigenvalue weighted by molar-refractivity contribution is 6.22. The summed E-state index contributed by atoms with van der Waals surface area (Å²) in [4.78, 5) is 4.74. The van der Waals surface area contributed by atoms with E-state index < -0.39 is 0 Å². The van der Waals surface area contributed by atoms with Crippen LogP contribution in [0.1, 0.15) is 5.56 Å². The van der Waals surface area contributed by atoms with Crippen LogP contribution in [0.15, 0.2) is 294 Å². The van der Waals surface area contributed by atoms with Crippen LogP contribution in [0.25, 0.3) is 110 Å². The van der Waals surface area contributed by atoms with Gasteiger partial charge in [0, 0.05) is 61.2 Å². The van der Waals surface area contributed by atoms with Crippen LogP contribution in [-0.4, -0.2) is 0 Å². The maximum absolute atomic E-state index is 11.2. The molecule has 15 rings (SSSR count). The predicted octanol–water partition coefficient (Wildman–Crippen LogP) is 21.3. The Morgan fingerprint density at radius 1 is 0.275 bits per heavy atom. The molecule has 0 N–H and O–H groups in total. The summed E-state index contributed by atoms with van der Waals surface area (Å²) in [6, 6.07) is 103. The van der Waals surface area contributed by atoms with Crippen molar-refractivity contribution in [2.24, 2.45) is 0 Å². The molecule has 0 atom stereocenters. The molecule has 0 bridgehead atoms. The largest absolute Gasteiger partial charge is 0.456 e. The van der Waals surface area contributed by atoms with Gasteiger partial charge >= 0.3 is 0 Å². The van der Waals surface area contributed by atoms with Crippen molar-refractivity contribution in [2.45, 2.75) is 0 Å². The summed E-state index contributed by atoms with van der Waals surface area (Å²) < 4.78 is 13.6. The van der Waals surface area contributed by atoms with Crippen molar-refractivity contribution in [1.82, 2.24) is 0 Å². The number of nitriles is 1. The Morgan fingerprint density at radius 3 is 0.912 bits per heavy atom. The van der Waals surface area contributed by atoms with Gasteiger partial charge in [0.05, 0.1) is 28.3 Å². The average Bonchev–Trinajstić information content (AvgIpc) is 4.29. The standard InChI is InChI=1S/C75H47N3O2/c76-48-65-74-63-43-53-37-39-57(77(66-33-17-13-29-59(66)49-21-5-1-6-22-49)67-34-18-14-30-60(67)50-23-7-2-8-24-50)41-55(53)45-70(63)79-72(74)47-73-75(65)64-44-54-38-40-58(42-56(54)46-71(64)80-73)78(68-35-19-15-31-61(68)51-25-9-3-10-26-51)69-36-20-16-32-62(69)52-27-11-4-12-28-52/h1-47H. The van der Waals surface area contributed by atoms with E-state index in [2.05, 4.69) is 295 Å². The Balaban J connectivity index is 0.866. The number of fused-ring (bicyclic) bond motifs is 8. The molecule has 0 fully saturated rings. The molecule has 0 radical (unpaired) electrons. The summed E-state index contributed by atoms with van der Waals surface area (Å²) in [6.45, 7) is 0. The molecule has 80 heavy (non-hydrogen) atoms. The number of hydrogen-bond donors (Lipinski definition) is 0. The van der Waals surface area contributed by atoms with E-state index in [1.54, 1.807) is 0 Å². The second-order valence-electron chi connectivity index (χ2n) is 20.3. The first-order chi connectivity index (χ1) is 39.6.